The summed E-state index contributed by atoms with van der Waals surface area (Å²) in [4.78, 5) is 12.9. The molecule has 0 unspecified atom stereocenters. The van der Waals surface area contributed by atoms with Crippen LogP contribution in [0.2, 0.25) is 0 Å². The van der Waals surface area contributed by atoms with Crippen molar-refractivity contribution in [1.29, 1.82) is 0 Å². The van der Waals surface area contributed by atoms with Gasteiger partial charge in [-0.25, -0.2) is 0 Å². The fourth-order valence-corrected chi connectivity index (χ4v) is 1.50. The van der Waals surface area contributed by atoms with Gasteiger partial charge >= 0.3 is 0 Å². The molecule has 0 atom stereocenters. The maximum absolute atomic E-state index is 11.5. The Morgan fingerprint density at radius 3 is 2.56 bits per heavy atom. The molecule has 0 aliphatic heterocycles. The first-order chi connectivity index (χ1) is 8.58. The van der Waals surface area contributed by atoms with Gasteiger partial charge in [0.1, 0.15) is 5.75 Å². The number of hydrogen-bond donors (Lipinski definition) is 2. The molecule has 18 heavy (non-hydrogen) atoms. The van der Waals surface area contributed by atoms with Crippen molar-refractivity contribution in [3.8, 4) is 5.75 Å². The number of hydrogen-bond acceptors (Lipinski definition) is 2. The van der Waals surface area contributed by atoms with Crippen LogP contribution in [0.4, 0.5) is 0 Å². The summed E-state index contributed by atoms with van der Waals surface area (Å²) in [6.07, 6.45) is 0.985. The van der Waals surface area contributed by atoms with Crippen LogP contribution in [0.1, 0.15) is 12.0 Å². The van der Waals surface area contributed by atoms with Crippen molar-refractivity contribution in [1.82, 2.24) is 5.32 Å². The number of aryl methyl sites for hydroxylation is 1. The zero-order chi connectivity index (χ0) is 13.4. The minimum atomic E-state index is -0.0654. The second-order valence-electron chi connectivity index (χ2n) is 4.76. The second kappa shape index (κ2) is 7.71. The van der Waals surface area contributed by atoms with Crippen LogP contribution in [0.5, 0.6) is 5.75 Å². The van der Waals surface area contributed by atoms with Crippen molar-refractivity contribution in [3.63, 3.8) is 0 Å². The molecule has 0 heterocycles. The topological polar surface area (TPSA) is 42.8 Å². The van der Waals surface area contributed by atoms with E-state index in [0.29, 0.717) is 6.54 Å². The van der Waals surface area contributed by atoms with E-state index < -0.39 is 0 Å². The molecule has 0 fully saturated rings. The minimum absolute atomic E-state index is 0.0654. The molecule has 1 aromatic carbocycles. The summed E-state index contributed by atoms with van der Waals surface area (Å²) in [6, 6.07) is 7.68. The first kappa shape index (κ1) is 14.5. The van der Waals surface area contributed by atoms with Gasteiger partial charge < -0.3 is 15.0 Å². The number of benzene rings is 1. The number of ether oxygens (including phenoxy) is 1. The van der Waals surface area contributed by atoms with Gasteiger partial charge in [0, 0.05) is 13.0 Å². The molecule has 1 rings (SSSR count). The molecular formula is C14H23N2O2+. The summed E-state index contributed by atoms with van der Waals surface area (Å²) in [6.45, 7) is 3.86. The van der Waals surface area contributed by atoms with Crippen LogP contribution in [0.3, 0.4) is 0 Å². The van der Waals surface area contributed by atoms with E-state index in [4.69, 9.17) is 4.74 Å². The molecule has 1 aromatic rings. The molecule has 4 nitrogen and oxygen atoms in total. The number of rotatable bonds is 7. The summed E-state index contributed by atoms with van der Waals surface area (Å²) < 4.78 is 5.38. The van der Waals surface area contributed by atoms with E-state index in [2.05, 4.69) is 19.4 Å². The summed E-state index contributed by atoms with van der Waals surface area (Å²) in [5, 5.41) is 2.84. The second-order valence-corrected chi connectivity index (χ2v) is 4.76. The van der Waals surface area contributed by atoms with Crippen LogP contribution in [0.15, 0.2) is 24.3 Å². The average molecular weight is 251 g/mol. The van der Waals surface area contributed by atoms with E-state index >= 15 is 0 Å². The SMILES string of the molecule is Cc1ccc(OCC(=O)NCCC[NH+](C)C)cc1. The van der Waals surface area contributed by atoms with Crippen LogP contribution in [-0.4, -0.2) is 39.7 Å². The molecule has 2 N–H and O–H groups in total. The Labute approximate surface area is 109 Å². The van der Waals surface area contributed by atoms with Gasteiger partial charge in [-0.2, -0.15) is 0 Å². The highest BCUT2D eigenvalue weighted by atomic mass is 16.5. The van der Waals surface area contributed by atoms with Crippen LogP contribution in [-0.2, 0) is 4.79 Å². The molecule has 0 radical (unpaired) electrons. The lowest BCUT2D eigenvalue weighted by atomic mass is 10.2. The average Bonchev–Trinajstić information content (AvgIpc) is 2.34. The van der Waals surface area contributed by atoms with Crippen molar-refractivity contribution >= 4 is 5.91 Å². The molecule has 4 heteroatoms. The zero-order valence-corrected chi connectivity index (χ0v) is 11.5. The van der Waals surface area contributed by atoms with Crippen LogP contribution in [0.25, 0.3) is 0 Å². The van der Waals surface area contributed by atoms with Gasteiger partial charge in [0.2, 0.25) is 0 Å². The molecule has 0 bridgehead atoms. The minimum Gasteiger partial charge on any atom is -0.484 e. The predicted octanol–water partition coefficient (Wildman–Crippen LogP) is 0.0246. The lowest BCUT2D eigenvalue weighted by Crippen LogP contribution is -3.05. The van der Waals surface area contributed by atoms with E-state index in [9.17, 15) is 4.79 Å². The van der Waals surface area contributed by atoms with Crippen LogP contribution >= 0.6 is 0 Å². The summed E-state index contributed by atoms with van der Waals surface area (Å²) in [7, 11) is 4.20. The number of quaternary nitrogens is 1. The number of carbonyl (C=O) groups excluding carboxylic acids is 1. The molecule has 1 amide bonds. The number of carbonyl (C=O) groups is 1. The van der Waals surface area contributed by atoms with Gasteiger partial charge in [0.15, 0.2) is 6.61 Å². The van der Waals surface area contributed by atoms with E-state index in [1.54, 1.807) is 0 Å². The fourth-order valence-electron chi connectivity index (χ4n) is 1.50. The predicted molar refractivity (Wildman–Crippen MR) is 72.0 cm³/mol. The highest BCUT2D eigenvalue weighted by molar-refractivity contribution is 5.77. The van der Waals surface area contributed by atoms with Crippen molar-refractivity contribution < 1.29 is 14.4 Å². The van der Waals surface area contributed by atoms with E-state index in [-0.39, 0.29) is 12.5 Å². The Morgan fingerprint density at radius 1 is 1.28 bits per heavy atom. The highest BCUT2D eigenvalue weighted by Gasteiger charge is 2.02. The first-order valence-electron chi connectivity index (χ1n) is 6.33. The van der Waals surface area contributed by atoms with Gasteiger partial charge in [-0.3, -0.25) is 4.79 Å². The third kappa shape index (κ3) is 6.25. The highest BCUT2D eigenvalue weighted by Crippen LogP contribution is 2.10. The molecular weight excluding hydrogens is 228 g/mol. The van der Waals surface area contributed by atoms with Crippen molar-refractivity contribution in [2.45, 2.75) is 13.3 Å². The molecule has 0 aliphatic rings. The standard InChI is InChI=1S/C14H22N2O2/c1-12-5-7-13(8-6-12)18-11-14(17)15-9-4-10-16(2)3/h5-8H,4,9-11H2,1-3H3,(H,15,17)/p+1. The van der Waals surface area contributed by atoms with Gasteiger partial charge in [0.25, 0.3) is 5.91 Å². The van der Waals surface area contributed by atoms with Crippen LogP contribution < -0.4 is 15.0 Å². The summed E-state index contributed by atoms with van der Waals surface area (Å²) >= 11 is 0. The van der Waals surface area contributed by atoms with Crippen LogP contribution in [0, 0.1) is 6.92 Å². The number of nitrogens with one attached hydrogen (secondary N) is 2. The Bertz CT molecular complexity index is 361. The maximum atomic E-state index is 11.5. The molecule has 0 aromatic heterocycles. The Hall–Kier alpha value is -1.55. The van der Waals surface area contributed by atoms with Crippen molar-refractivity contribution in [3.05, 3.63) is 29.8 Å². The molecule has 0 aliphatic carbocycles. The maximum Gasteiger partial charge on any atom is 0.257 e. The van der Waals surface area contributed by atoms with Gasteiger partial charge in [-0.15, -0.1) is 0 Å². The van der Waals surface area contributed by atoms with Crippen molar-refractivity contribution in [2.24, 2.45) is 0 Å². The monoisotopic (exact) mass is 251 g/mol. The Kier molecular flexibility index (Phi) is 6.22. The third-order valence-electron chi connectivity index (χ3n) is 2.57. The molecule has 0 spiro atoms. The fraction of sp³-hybridized carbons (Fsp3) is 0.500. The number of amides is 1. The van der Waals surface area contributed by atoms with E-state index in [1.165, 1.54) is 10.5 Å². The van der Waals surface area contributed by atoms with Gasteiger partial charge in [0.05, 0.1) is 20.6 Å². The van der Waals surface area contributed by atoms with Gasteiger partial charge in [-0.05, 0) is 19.1 Å². The summed E-state index contributed by atoms with van der Waals surface area (Å²) in [5.74, 6) is 0.665. The first-order valence-corrected chi connectivity index (χ1v) is 6.33. The third-order valence-corrected chi connectivity index (χ3v) is 2.57. The zero-order valence-electron chi connectivity index (χ0n) is 11.5. The molecule has 0 saturated heterocycles. The lowest BCUT2D eigenvalue weighted by molar-refractivity contribution is -0.858. The van der Waals surface area contributed by atoms with E-state index in [0.717, 1.165) is 18.7 Å². The largest absolute Gasteiger partial charge is 0.484 e. The Balaban J connectivity index is 2.15. The lowest BCUT2D eigenvalue weighted by Gasteiger charge is -2.09. The molecule has 100 valence electrons. The molecule has 0 saturated carbocycles. The Morgan fingerprint density at radius 2 is 1.94 bits per heavy atom. The smallest absolute Gasteiger partial charge is 0.257 e. The van der Waals surface area contributed by atoms with Crippen molar-refractivity contribution in [2.75, 3.05) is 33.8 Å². The quantitative estimate of drug-likeness (QED) is 0.671. The van der Waals surface area contributed by atoms with Gasteiger partial charge in [-0.1, -0.05) is 17.7 Å². The summed E-state index contributed by atoms with van der Waals surface area (Å²) in [5.41, 5.74) is 1.18. The van der Waals surface area contributed by atoms with E-state index in [1.807, 2.05) is 31.2 Å². The normalized spacial score (nSPS) is 10.4.